The van der Waals surface area contributed by atoms with Crippen LogP contribution in [0, 0.1) is 5.92 Å². The number of nitrogens with one attached hydrogen (secondary N) is 1. The van der Waals surface area contributed by atoms with Gasteiger partial charge in [-0.2, -0.15) is 0 Å². The summed E-state index contributed by atoms with van der Waals surface area (Å²) in [5, 5.41) is 13.0. The first-order valence-electron chi connectivity index (χ1n) is 9.34. The summed E-state index contributed by atoms with van der Waals surface area (Å²) in [6.45, 7) is 3.33. The zero-order valence-electron chi connectivity index (χ0n) is 16.0. The molecule has 1 saturated carbocycles. The van der Waals surface area contributed by atoms with E-state index < -0.39 is 0 Å². The number of aliphatic hydroxyl groups is 1. The summed E-state index contributed by atoms with van der Waals surface area (Å²) in [4.78, 5) is 16.2. The largest absolute Gasteiger partial charge is 0.393 e. The van der Waals surface area contributed by atoms with Crippen molar-refractivity contribution < 1.29 is 9.90 Å². The van der Waals surface area contributed by atoms with Crippen LogP contribution in [0.2, 0.25) is 0 Å². The van der Waals surface area contributed by atoms with Crippen LogP contribution in [0.3, 0.4) is 0 Å². The molecule has 5 heteroatoms. The lowest BCUT2D eigenvalue weighted by Gasteiger charge is -2.28. The highest BCUT2D eigenvalue weighted by Crippen LogP contribution is 2.26. The number of likely N-dealkylation sites (N-methyl/N-ethyl adjacent to an activating group) is 1. The lowest BCUT2D eigenvalue weighted by molar-refractivity contribution is 0.113. The number of hydrogen-bond donors (Lipinski definition) is 2. The normalized spacial score (nSPS) is 21.4. The highest BCUT2D eigenvalue weighted by atomic mass is 16.3. The molecule has 0 radical (unpaired) electrons. The quantitative estimate of drug-likeness (QED) is 0.797. The lowest BCUT2D eigenvalue weighted by atomic mass is 10.0. The molecule has 1 aliphatic rings. The van der Waals surface area contributed by atoms with Crippen molar-refractivity contribution in [2.45, 2.75) is 44.8 Å². The highest BCUT2D eigenvalue weighted by molar-refractivity contribution is 5.73. The minimum absolute atomic E-state index is 0.0730. The summed E-state index contributed by atoms with van der Waals surface area (Å²) in [7, 11) is 5.87. The second-order valence-electron chi connectivity index (χ2n) is 7.40. The smallest absolute Gasteiger partial charge is 0.317 e. The molecular formula is C20H33N3O2. The van der Waals surface area contributed by atoms with Crippen LogP contribution in [-0.4, -0.2) is 61.3 Å². The van der Waals surface area contributed by atoms with E-state index in [1.54, 1.807) is 11.9 Å². The van der Waals surface area contributed by atoms with Gasteiger partial charge in [0.15, 0.2) is 0 Å². The van der Waals surface area contributed by atoms with Gasteiger partial charge in [0.05, 0.1) is 12.1 Å². The topological polar surface area (TPSA) is 55.8 Å². The molecule has 1 fully saturated rings. The lowest BCUT2D eigenvalue weighted by Crippen LogP contribution is -2.44. The van der Waals surface area contributed by atoms with Gasteiger partial charge in [-0.1, -0.05) is 37.6 Å². The van der Waals surface area contributed by atoms with E-state index in [-0.39, 0.29) is 24.1 Å². The fraction of sp³-hybridized carbons (Fsp3) is 0.650. The number of aliphatic hydroxyl groups excluding tert-OH is 1. The second kappa shape index (κ2) is 9.20. The van der Waals surface area contributed by atoms with Gasteiger partial charge >= 0.3 is 6.03 Å². The third-order valence-electron chi connectivity index (χ3n) is 5.32. The number of aryl methyl sites for hydroxylation is 1. The Balaban J connectivity index is 1.89. The van der Waals surface area contributed by atoms with E-state index in [4.69, 9.17) is 0 Å². The third kappa shape index (κ3) is 5.44. The van der Waals surface area contributed by atoms with Crippen molar-refractivity contribution in [1.29, 1.82) is 0 Å². The predicted octanol–water partition coefficient (Wildman–Crippen LogP) is 2.65. The fourth-order valence-electron chi connectivity index (χ4n) is 3.56. The molecule has 1 aliphatic carbocycles. The maximum atomic E-state index is 12.4. The van der Waals surface area contributed by atoms with E-state index in [2.05, 4.69) is 41.4 Å². The molecule has 3 unspecified atom stereocenters. The molecule has 2 rings (SSSR count). The maximum Gasteiger partial charge on any atom is 0.317 e. The van der Waals surface area contributed by atoms with E-state index in [0.29, 0.717) is 13.1 Å². The molecule has 2 amide bonds. The fourth-order valence-corrected chi connectivity index (χ4v) is 3.56. The van der Waals surface area contributed by atoms with E-state index in [0.717, 1.165) is 25.7 Å². The third-order valence-corrected chi connectivity index (χ3v) is 5.32. The number of urea groups is 1. The molecule has 1 aromatic rings. The molecule has 0 aliphatic heterocycles. The molecule has 140 valence electrons. The van der Waals surface area contributed by atoms with Crippen LogP contribution in [0.15, 0.2) is 24.3 Å². The minimum Gasteiger partial charge on any atom is -0.393 e. The SMILES string of the molecule is CCc1ccc(C(CNC(=O)N(C)CC2CCCC2O)N(C)C)cc1. The summed E-state index contributed by atoms with van der Waals surface area (Å²) in [6.07, 6.45) is 3.68. The van der Waals surface area contributed by atoms with Crippen LogP contribution in [0.1, 0.15) is 43.4 Å². The number of carbonyl (C=O) groups excluding carboxylic acids is 1. The van der Waals surface area contributed by atoms with Crippen LogP contribution in [0.4, 0.5) is 4.79 Å². The molecule has 0 bridgehead atoms. The first kappa shape index (κ1) is 19.7. The van der Waals surface area contributed by atoms with Crippen LogP contribution in [-0.2, 0) is 6.42 Å². The average Bonchev–Trinajstić information content (AvgIpc) is 3.00. The summed E-state index contributed by atoms with van der Waals surface area (Å²) in [6, 6.07) is 8.67. The zero-order chi connectivity index (χ0) is 18.4. The number of amides is 2. The van der Waals surface area contributed by atoms with Gasteiger partial charge in [0.2, 0.25) is 0 Å². The molecule has 0 heterocycles. The molecule has 2 N–H and O–H groups in total. The maximum absolute atomic E-state index is 12.4. The van der Waals surface area contributed by atoms with Gasteiger partial charge in [-0.3, -0.25) is 0 Å². The zero-order valence-corrected chi connectivity index (χ0v) is 16.0. The number of rotatable bonds is 7. The number of nitrogens with zero attached hydrogens (tertiary/aromatic N) is 2. The Morgan fingerprint density at radius 2 is 1.92 bits per heavy atom. The van der Waals surface area contributed by atoms with Gasteiger partial charge < -0.3 is 20.2 Å². The summed E-state index contributed by atoms with van der Waals surface area (Å²) in [5.74, 6) is 0.210. The van der Waals surface area contributed by atoms with Gasteiger partial charge in [-0.15, -0.1) is 0 Å². The summed E-state index contributed by atoms with van der Waals surface area (Å²) >= 11 is 0. The van der Waals surface area contributed by atoms with Gasteiger partial charge in [0, 0.05) is 26.1 Å². The molecule has 0 spiro atoms. The van der Waals surface area contributed by atoms with Gasteiger partial charge in [-0.05, 0) is 44.5 Å². The first-order chi connectivity index (χ1) is 11.9. The van der Waals surface area contributed by atoms with Crippen molar-refractivity contribution in [3.05, 3.63) is 35.4 Å². The Morgan fingerprint density at radius 1 is 1.24 bits per heavy atom. The van der Waals surface area contributed by atoms with E-state index in [1.807, 2.05) is 14.1 Å². The number of carbonyl (C=O) groups is 1. The van der Waals surface area contributed by atoms with E-state index in [9.17, 15) is 9.90 Å². The van der Waals surface area contributed by atoms with Crippen molar-refractivity contribution in [3.63, 3.8) is 0 Å². The van der Waals surface area contributed by atoms with Crippen molar-refractivity contribution in [2.24, 2.45) is 5.92 Å². The molecule has 1 aromatic carbocycles. The van der Waals surface area contributed by atoms with Gasteiger partial charge in [0.25, 0.3) is 0 Å². The van der Waals surface area contributed by atoms with Crippen LogP contribution in [0.5, 0.6) is 0 Å². The minimum atomic E-state index is -0.262. The molecule has 3 atom stereocenters. The van der Waals surface area contributed by atoms with Gasteiger partial charge in [-0.25, -0.2) is 4.79 Å². The van der Waals surface area contributed by atoms with E-state index >= 15 is 0 Å². The Morgan fingerprint density at radius 3 is 2.44 bits per heavy atom. The number of hydrogen-bond acceptors (Lipinski definition) is 3. The molecule has 0 aromatic heterocycles. The van der Waals surface area contributed by atoms with Crippen LogP contribution in [0.25, 0.3) is 0 Å². The molecular weight excluding hydrogens is 314 g/mol. The molecule has 5 nitrogen and oxygen atoms in total. The monoisotopic (exact) mass is 347 g/mol. The van der Waals surface area contributed by atoms with Crippen molar-refractivity contribution in [1.82, 2.24) is 15.1 Å². The molecule has 25 heavy (non-hydrogen) atoms. The van der Waals surface area contributed by atoms with E-state index in [1.165, 1.54) is 11.1 Å². The predicted molar refractivity (Wildman–Crippen MR) is 102 cm³/mol. The highest BCUT2D eigenvalue weighted by Gasteiger charge is 2.27. The van der Waals surface area contributed by atoms with Crippen molar-refractivity contribution in [2.75, 3.05) is 34.2 Å². The Bertz CT molecular complexity index is 544. The van der Waals surface area contributed by atoms with Gasteiger partial charge in [0.1, 0.15) is 0 Å². The summed E-state index contributed by atoms with van der Waals surface area (Å²) < 4.78 is 0. The van der Waals surface area contributed by atoms with Crippen molar-refractivity contribution in [3.8, 4) is 0 Å². The Kier molecular flexibility index (Phi) is 7.26. The number of benzene rings is 1. The second-order valence-corrected chi connectivity index (χ2v) is 7.40. The molecule has 0 saturated heterocycles. The first-order valence-corrected chi connectivity index (χ1v) is 9.34. The standard InChI is InChI=1S/C20H33N3O2/c1-5-15-9-11-16(12-10-15)18(22(2)3)13-21-20(25)23(4)14-17-7-6-8-19(17)24/h9-12,17-19,24H,5-8,13-14H2,1-4H3,(H,21,25). The Labute approximate surface area is 152 Å². The van der Waals surface area contributed by atoms with Crippen LogP contribution < -0.4 is 5.32 Å². The van der Waals surface area contributed by atoms with Crippen LogP contribution >= 0.6 is 0 Å². The summed E-state index contributed by atoms with van der Waals surface area (Å²) in [5.41, 5.74) is 2.52. The Hall–Kier alpha value is -1.59. The average molecular weight is 348 g/mol. The van der Waals surface area contributed by atoms with Crippen molar-refractivity contribution >= 4 is 6.03 Å².